The van der Waals surface area contributed by atoms with E-state index in [0.29, 0.717) is 18.5 Å². The summed E-state index contributed by atoms with van der Waals surface area (Å²) in [6.07, 6.45) is -1.16. The minimum atomic E-state index is -5.08. The number of ketones is 2. The van der Waals surface area contributed by atoms with Crippen molar-refractivity contribution in [1.29, 1.82) is 0 Å². The summed E-state index contributed by atoms with van der Waals surface area (Å²) in [5, 5.41) is 25.4. The SMILES string of the molecule is O=C(CCCC(=O)CC(Cc1cnc[nH]1)C(=O)O)COCCCO[N+](=O)[O-].O=C(O)C(F)(F)F. The molecule has 1 heterocycles. The number of hydrogen-bond donors (Lipinski definition) is 3. The number of rotatable bonds is 16. The molecule has 0 spiro atoms. The van der Waals surface area contributed by atoms with Gasteiger partial charge in [-0.15, -0.1) is 10.1 Å². The molecule has 0 radical (unpaired) electrons. The monoisotopic (exact) mass is 499 g/mol. The predicted octanol–water partition coefficient (Wildman–Crippen LogP) is 1.60. The number of aliphatic carboxylic acids is 2. The number of carboxylic acids is 2. The lowest BCUT2D eigenvalue weighted by atomic mass is 9.95. The topological polar surface area (TPSA) is 199 Å². The molecule has 1 aromatic heterocycles. The molecule has 0 aliphatic carbocycles. The Morgan fingerprint density at radius 3 is 2.24 bits per heavy atom. The van der Waals surface area contributed by atoms with Gasteiger partial charge < -0.3 is 24.8 Å². The minimum Gasteiger partial charge on any atom is -0.481 e. The first kappa shape index (κ1) is 30.4. The van der Waals surface area contributed by atoms with Crippen molar-refractivity contribution in [2.24, 2.45) is 5.92 Å². The first-order valence-electron chi connectivity index (χ1n) is 9.71. The van der Waals surface area contributed by atoms with Crippen molar-refractivity contribution in [3.63, 3.8) is 0 Å². The van der Waals surface area contributed by atoms with E-state index < -0.39 is 29.1 Å². The van der Waals surface area contributed by atoms with Crippen LogP contribution in [0, 0.1) is 16.0 Å². The maximum absolute atomic E-state index is 12.0. The molecule has 1 atom stereocenters. The molecule has 3 N–H and O–H groups in total. The lowest BCUT2D eigenvalue weighted by Gasteiger charge is -2.10. The third-order valence-corrected chi connectivity index (χ3v) is 3.89. The van der Waals surface area contributed by atoms with E-state index in [0.717, 1.165) is 0 Å². The van der Waals surface area contributed by atoms with Crippen molar-refractivity contribution >= 4 is 23.5 Å². The molecule has 1 aromatic rings. The zero-order chi connectivity index (χ0) is 26.1. The van der Waals surface area contributed by atoms with Crippen LogP contribution >= 0.6 is 0 Å². The number of hydrogen-bond acceptors (Lipinski definition) is 9. The number of nitrogens with zero attached hydrogens (tertiary/aromatic N) is 2. The molecule has 1 unspecified atom stereocenters. The number of imidazole rings is 1. The summed E-state index contributed by atoms with van der Waals surface area (Å²) in [6.45, 7) is -0.0738. The van der Waals surface area contributed by atoms with Crippen LogP contribution in [0.15, 0.2) is 12.5 Å². The van der Waals surface area contributed by atoms with Gasteiger partial charge in [0.1, 0.15) is 12.4 Å². The van der Waals surface area contributed by atoms with Crippen molar-refractivity contribution in [2.45, 2.75) is 44.7 Å². The van der Waals surface area contributed by atoms with E-state index in [1.807, 2.05) is 0 Å². The van der Waals surface area contributed by atoms with E-state index in [1.54, 1.807) is 0 Å². The number of carbonyl (C=O) groups is 4. The molecule has 34 heavy (non-hydrogen) atoms. The van der Waals surface area contributed by atoms with Gasteiger partial charge in [-0.3, -0.25) is 14.4 Å². The second-order valence-electron chi connectivity index (χ2n) is 6.72. The Kier molecular flexibility index (Phi) is 14.4. The van der Waals surface area contributed by atoms with Crippen LogP contribution in [0.3, 0.4) is 0 Å². The first-order valence-corrected chi connectivity index (χ1v) is 9.71. The fourth-order valence-electron chi connectivity index (χ4n) is 2.33. The summed E-state index contributed by atoms with van der Waals surface area (Å²) in [5.74, 6) is -5.05. The second kappa shape index (κ2) is 16.1. The number of H-pyrrole nitrogens is 1. The number of alkyl halides is 3. The summed E-state index contributed by atoms with van der Waals surface area (Å²) in [6, 6.07) is 0. The number of Topliss-reactive ketones (excluding diaryl/α,β-unsaturated/α-hetero) is 2. The molecule has 0 saturated heterocycles. The highest BCUT2D eigenvalue weighted by Crippen LogP contribution is 2.14. The quantitative estimate of drug-likeness (QED) is 0.169. The van der Waals surface area contributed by atoms with Crippen LogP contribution < -0.4 is 0 Å². The van der Waals surface area contributed by atoms with Gasteiger partial charge in [-0.2, -0.15) is 13.2 Å². The Labute approximate surface area is 190 Å². The first-order chi connectivity index (χ1) is 15.8. The molecule has 0 amide bonds. The van der Waals surface area contributed by atoms with E-state index in [1.165, 1.54) is 12.5 Å². The molecule has 16 heteroatoms. The molecule has 0 fully saturated rings. The smallest absolute Gasteiger partial charge is 0.481 e. The maximum Gasteiger partial charge on any atom is 0.490 e. The fraction of sp³-hybridized carbons (Fsp3) is 0.611. The summed E-state index contributed by atoms with van der Waals surface area (Å²) in [7, 11) is 0. The number of carbonyl (C=O) groups excluding carboxylic acids is 2. The summed E-state index contributed by atoms with van der Waals surface area (Å²) in [5.41, 5.74) is 0.645. The van der Waals surface area contributed by atoms with Gasteiger partial charge in [-0.05, 0) is 12.8 Å². The van der Waals surface area contributed by atoms with Crippen molar-refractivity contribution in [3.8, 4) is 0 Å². The fourth-order valence-corrected chi connectivity index (χ4v) is 2.33. The third kappa shape index (κ3) is 16.1. The standard InChI is InChI=1S/C16H23N3O8.C2HF3O2/c20-14(8-12(16(22)23)7-13-9-17-11-18-13)3-1-4-15(21)10-26-5-2-6-27-19(24)25;3-2(4,5)1(6)7/h9,11-12H,1-8,10H2,(H,17,18)(H,22,23);(H,6,7). The summed E-state index contributed by atoms with van der Waals surface area (Å²) >= 11 is 0. The van der Waals surface area contributed by atoms with Crippen molar-refractivity contribution in [3.05, 3.63) is 28.3 Å². The Bertz CT molecular complexity index is 800. The molecule has 13 nitrogen and oxygen atoms in total. The summed E-state index contributed by atoms with van der Waals surface area (Å²) < 4.78 is 36.8. The van der Waals surface area contributed by atoms with Crippen LogP contribution in [0.1, 0.15) is 37.8 Å². The molecule has 1 rings (SSSR count). The zero-order valence-electron chi connectivity index (χ0n) is 17.8. The van der Waals surface area contributed by atoms with Gasteiger partial charge in [0.05, 0.1) is 18.9 Å². The highest BCUT2D eigenvalue weighted by atomic mass is 19.4. The van der Waals surface area contributed by atoms with Crippen LogP contribution in [-0.4, -0.2) is 74.8 Å². The average molecular weight is 499 g/mol. The maximum atomic E-state index is 12.0. The van der Waals surface area contributed by atoms with E-state index in [4.69, 9.17) is 14.6 Å². The van der Waals surface area contributed by atoms with Gasteiger partial charge in [0.2, 0.25) is 0 Å². The molecular formula is C18H24F3N3O10. The normalized spacial score (nSPS) is 11.6. The van der Waals surface area contributed by atoms with Crippen LogP contribution in [0.5, 0.6) is 0 Å². The number of aromatic amines is 1. The lowest BCUT2D eigenvalue weighted by Crippen LogP contribution is -2.21. The molecule has 0 saturated carbocycles. The third-order valence-electron chi connectivity index (χ3n) is 3.89. The molecular weight excluding hydrogens is 475 g/mol. The van der Waals surface area contributed by atoms with Gasteiger partial charge in [-0.25, -0.2) is 9.78 Å². The Hall–Kier alpha value is -3.56. The van der Waals surface area contributed by atoms with Crippen LogP contribution in [0.2, 0.25) is 0 Å². The van der Waals surface area contributed by atoms with E-state index in [-0.39, 0.29) is 57.1 Å². The summed E-state index contributed by atoms with van der Waals surface area (Å²) in [4.78, 5) is 64.4. The van der Waals surface area contributed by atoms with Gasteiger partial charge in [0, 0.05) is 44.2 Å². The Balaban J connectivity index is 0.00000135. The zero-order valence-corrected chi connectivity index (χ0v) is 17.8. The number of ether oxygens (including phenoxy) is 1. The molecule has 0 bridgehead atoms. The molecule has 192 valence electrons. The molecule has 0 aromatic carbocycles. The van der Waals surface area contributed by atoms with Gasteiger partial charge in [0.15, 0.2) is 5.78 Å². The second-order valence-corrected chi connectivity index (χ2v) is 6.72. The lowest BCUT2D eigenvalue weighted by molar-refractivity contribution is -0.757. The van der Waals surface area contributed by atoms with E-state index in [9.17, 15) is 42.8 Å². The van der Waals surface area contributed by atoms with Crippen molar-refractivity contribution in [1.82, 2.24) is 9.97 Å². The number of halogens is 3. The van der Waals surface area contributed by atoms with Crippen LogP contribution in [0.25, 0.3) is 0 Å². The Morgan fingerprint density at radius 2 is 1.74 bits per heavy atom. The van der Waals surface area contributed by atoms with Crippen molar-refractivity contribution < 1.29 is 57.2 Å². The Morgan fingerprint density at radius 1 is 1.12 bits per heavy atom. The van der Waals surface area contributed by atoms with E-state index >= 15 is 0 Å². The van der Waals surface area contributed by atoms with Crippen molar-refractivity contribution in [2.75, 3.05) is 19.8 Å². The highest BCUT2D eigenvalue weighted by Gasteiger charge is 2.38. The highest BCUT2D eigenvalue weighted by molar-refractivity contribution is 5.85. The minimum absolute atomic E-state index is 0.0982. The number of aromatic nitrogens is 2. The van der Waals surface area contributed by atoms with E-state index in [2.05, 4.69) is 14.8 Å². The number of nitrogens with one attached hydrogen (secondary N) is 1. The van der Waals surface area contributed by atoms with Crippen LogP contribution in [0.4, 0.5) is 13.2 Å². The average Bonchev–Trinajstić information content (AvgIpc) is 3.22. The molecule has 0 aliphatic heterocycles. The van der Waals surface area contributed by atoms with Gasteiger partial charge >= 0.3 is 18.1 Å². The largest absolute Gasteiger partial charge is 0.490 e. The van der Waals surface area contributed by atoms with Gasteiger partial charge in [0.25, 0.3) is 5.09 Å². The van der Waals surface area contributed by atoms with Gasteiger partial charge in [-0.1, -0.05) is 0 Å². The number of carboxylic acid groups (broad SMARTS) is 2. The predicted molar refractivity (Wildman–Crippen MR) is 104 cm³/mol. The van der Waals surface area contributed by atoms with Crippen LogP contribution in [-0.2, 0) is 35.2 Å². The molecule has 0 aliphatic rings.